The minimum atomic E-state index is -0.315. The molecule has 4 heteroatoms. The smallest absolute Gasteiger partial charge is 0.246 e. The minimum absolute atomic E-state index is 0.0312. The van der Waals surface area contributed by atoms with E-state index in [1.165, 1.54) is 6.42 Å². The van der Waals surface area contributed by atoms with Crippen LogP contribution in [0, 0.1) is 0 Å². The summed E-state index contributed by atoms with van der Waals surface area (Å²) in [6.45, 7) is 6.07. The van der Waals surface area contributed by atoms with Crippen molar-refractivity contribution in [1.82, 2.24) is 10.2 Å². The average molecular weight is 252 g/mol. The lowest BCUT2D eigenvalue weighted by Crippen LogP contribution is -2.70. The zero-order chi connectivity index (χ0) is 13.3. The van der Waals surface area contributed by atoms with E-state index in [9.17, 15) is 9.59 Å². The highest BCUT2D eigenvalue weighted by Gasteiger charge is 2.51. The summed E-state index contributed by atoms with van der Waals surface area (Å²) >= 11 is 0. The molecule has 18 heavy (non-hydrogen) atoms. The van der Waals surface area contributed by atoms with E-state index in [1.54, 1.807) is 0 Å². The lowest BCUT2D eigenvalue weighted by atomic mass is 9.71. The van der Waals surface area contributed by atoms with E-state index < -0.39 is 0 Å². The minimum Gasteiger partial charge on any atom is -0.343 e. The highest BCUT2D eigenvalue weighted by atomic mass is 16.2. The standard InChI is InChI=1S/C14H24N2O2/c1-4-10-13(18)16(11(5-2)12(17)15-10)14(6-3)8-7-9-14/h10-11H,4-9H2,1-3H3,(H,15,17). The Labute approximate surface area is 109 Å². The number of hydrogen-bond donors (Lipinski definition) is 1. The van der Waals surface area contributed by atoms with Gasteiger partial charge < -0.3 is 10.2 Å². The Morgan fingerprint density at radius 1 is 1.22 bits per heavy atom. The molecule has 0 aromatic heterocycles. The molecule has 4 nitrogen and oxygen atoms in total. The second-order valence-corrected chi connectivity index (χ2v) is 5.53. The Balaban J connectivity index is 2.32. The van der Waals surface area contributed by atoms with E-state index in [1.807, 2.05) is 18.7 Å². The molecule has 0 radical (unpaired) electrons. The van der Waals surface area contributed by atoms with E-state index in [-0.39, 0.29) is 29.4 Å². The van der Waals surface area contributed by atoms with Gasteiger partial charge in [-0.2, -0.15) is 0 Å². The molecule has 2 unspecified atom stereocenters. The van der Waals surface area contributed by atoms with Gasteiger partial charge in [0.2, 0.25) is 11.8 Å². The van der Waals surface area contributed by atoms with Crippen molar-refractivity contribution in [1.29, 1.82) is 0 Å². The topological polar surface area (TPSA) is 49.4 Å². The van der Waals surface area contributed by atoms with Crippen LogP contribution in [0.1, 0.15) is 59.3 Å². The summed E-state index contributed by atoms with van der Waals surface area (Å²) in [5.41, 5.74) is -0.0388. The molecular formula is C14H24N2O2. The summed E-state index contributed by atoms with van der Waals surface area (Å²) in [5.74, 6) is 0.161. The molecule has 1 saturated carbocycles. The van der Waals surface area contributed by atoms with Crippen LogP contribution in [0.15, 0.2) is 0 Å². The van der Waals surface area contributed by atoms with Gasteiger partial charge in [-0.15, -0.1) is 0 Å². The molecule has 0 aromatic carbocycles. The Morgan fingerprint density at radius 2 is 1.89 bits per heavy atom. The maximum absolute atomic E-state index is 12.6. The number of nitrogens with one attached hydrogen (secondary N) is 1. The van der Waals surface area contributed by atoms with Gasteiger partial charge >= 0.3 is 0 Å². The first-order valence-corrected chi connectivity index (χ1v) is 7.23. The molecule has 2 fully saturated rings. The maximum Gasteiger partial charge on any atom is 0.246 e. The monoisotopic (exact) mass is 252 g/mol. The molecule has 1 aliphatic carbocycles. The molecule has 0 spiro atoms. The predicted molar refractivity (Wildman–Crippen MR) is 70.0 cm³/mol. The van der Waals surface area contributed by atoms with Gasteiger partial charge in [0.15, 0.2) is 0 Å². The van der Waals surface area contributed by atoms with Gasteiger partial charge in [-0.05, 0) is 38.5 Å². The maximum atomic E-state index is 12.6. The number of rotatable bonds is 4. The van der Waals surface area contributed by atoms with Crippen LogP contribution >= 0.6 is 0 Å². The number of hydrogen-bond acceptors (Lipinski definition) is 2. The van der Waals surface area contributed by atoms with Gasteiger partial charge in [-0.1, -0.05) is 20.8 Å². The van der Waals surface area contributed by atoms with Crippen LogP contribution in [0.25, 0.3) is 0 Å². The summed E-state index contributed by atoms with van der Waals surface area (Å²) in [6, 6.07) is -0.579. The first-order chi connectivity index (χ1) is 8.59. The third kappa shape index (κ3) is 1.82. The molecule has 1 heterocycles. The van der Waals surface area contributed by atoms with Crippen molar-refractivity contribution in [3.05, 3.63) is 0 Å². The van der Waals surface area contributed by atoms with Gasteiger partial charge in [-0.3, -0.25) is 9.59 Å². The van der Waals surface area contributed by atoms with Crippen LogP contribution in [0.5, 0.6) is 0 Å². The number of amides is 2. The number of carbonyl (C=O) groups is 2. The van der Waals surface area contributed by atoms with E-state index in [2.05, 4.69) is 12.2 Å². The van der Waals surface area contributed by atoms with E-state index in [4.69, 9.17) is 0 Å². The molecule has 2 atom stereocenters. The molecule has 0 aromatic rings. The van der Waals surface area contributed by atoms with Gasteiger partial charge in [0.25, 0.3) is 0 Å². The summed E-state index contributed by atoms with van der Waals surface area (Å²) in [5, 5.41) is 2.86. The Hall–Kier alpha value is -1.06. The summed E-state index contributed by atoms with van der Waals surface area (Å²) in [7, 11) is 0. The van der Waals surface area contributed by atoms with Gasteiger partial charge in [-0.25, -0.2) is 0 Å². The third-order valence-corrected chi connectivity index (χ3v) is 4.71. The second kappa shape index (κ2) is 4.90. The molecule has 2 rings (SSSR count). The normalized spacial score (nSPS) is 30.9. The molecule has 0 bridgehead atoms. The molecule has 1 aliphatic heterocycles. The highest BCUT2D eigenvalue weighted by molar-refractivity contribution is 5.97. The zero-order valence-corrected chi connectivity index (χ0v) is 11.7. The predicted octanol–water partition coefficient (Wildman–Crippen LogP) is 1.83. The number of piperazine rings is 1. The molecule has 2 amide bonds. The quantitative estimate of drug-likeness (QED) is 0.830. The van der Waals surface area contributed by atoms with Crippen LogP contribution in [-0.4, -0.2) is 34.3 Å². The lowest BCUT2D eigenvalue weighted by molar-refractivity contribution is -0.162. The average Bonchev–Trinajstić information content (AvgIpc) is 2.32. The molecule has 102 valence electrons. The fourth-order valence-corrected chi connectivity index (χ4v) is 3.33. The molecule has 1 saturated heterocycles. The van der Waals surface area contributed by atoms with Crippen molar-refractivity contribution in [3.8, 4) is 0 Å². The Morgan fingerprint density at radius 3 is 2.28 bits per heavy atom. The van der Waals surface area contributed by atoms with Gasteiger partial charge in [0, 0.05) is 5.54 Å². The Kier molecular flexibility index (Phi) is 3.64. The fraction of sp³-hybridized carbons (Fsp3) is 0.857. The number of carbonyl (C=O) groups excluding carboxylic acids is 2. The van der Waals surface area contributed by atoms with Crippen molar-refractivity contribution >= 4 is 11.8 Å². The van der Waals surface area contributed by atoms with Crippen LogP contribution < -0.4 is 5.32 Å². The van der Waals surface area contributed by atoms with Crippen LogP contribution in [0.4, 0.5) is 0 Å². The SMILES string of the molecule is CCC1NC(=O)C(CC)N(C2(CC)CCC2)C1=O. The molecular weight excluding hydrogens is 228 g/mol. The summed E-state index contributed by atoms with van der Waals surface area (Å²) < 4.78 is 0. The van der Waals surface area contributed by atoms with E-state index in [0.717, 1.165) is 19.3 Å². The Bertz CT molecular complexity index is 344. The van der Waals surface area contributed by atoms with Crippen molar-refractivity contribution in [3.63, 3.8) is 0 Å². The van der Waals surface area contributed by atoms with Crippen molar-refractivity contribution < 1.29 is 9.59 Å². The summed E-state index contributed by atoms with van der Waals surface area (Å²) in [6.07, 6.45) is 5.61. The largest absolute Gasteiger partial charge is 0.343 e. The number of nitrogens with zero attached hydrogens (tertiary/aromatic N) is 1. The lowest BCUT2D eigenvalue weighted by Gasteiger charge is -2.55. The van der Waals surface area contributed by atoms with Gasteiger partial charge in [0.05, 0.1) is 0 Å². The third-order valence-electron chi connectivity index (χ3n) is 4.71. The van der Waals surface area contributed by atoms with Crippen molar-refractivity contribution in [2.75, 3.05) is 0 Å². The van der Waals surface area contributed by atoms with Crippen LogP contribution in [0.3, 0.4) is 0 Å². The first kappa shape index (κ1) is 13.4. The first-order valence-electron chi connectivity index (χ1n) is 7.23. The van der Waals surface area contributed by atoms with Crippen LogP contribution in [0.2, 0.25) is 0 Å². The second-order valence-electron chi connectivity index (χ2n) is 5.53. The fourth-order valence-electron chi connectivity index (χ4n) is 3.33. The highest BCUT2D eigenvalue weighted by Crippen LogP contribution is 2.43. The van der Waals surface area contributed by atoms with E-state index in [0.29, 0.717) is 12.8 Å². The zero-order valence-electron chi connectivity index (χ0n) is 11.7. The van der Waals surface area contributed by atoms with Gasteiger partial charge in [0.1, 0.15) is 12.1 Å². The van der Waals surface area contributed by atoms with Crippen molar-refractivity contribution in [2.45, 2.75) is 76.9 Å². The van der Waals surface area contributed by atoms with Crippen LogP contribution in [-0.2, 0) is 9.59 Å². The molecule has 1 N–H and O–H groups in total. The van der Waals surface area contributed by atoms with Crippen molar-refractivity contribution in [2.24, 2.45) is 0 Å². The summed E-state index contributed by atoms with van der Waals surface area (Å²) in [4.78, 5) is 26.7. The molecule has 2 aliphatic rings. The van der Waals surface area contributed by atoms with E-state index >= 15 is 0 Å².